The molecule has 1 fully saturated rings. The number of thioether (sulfide) groups is 2. The molecule has 3 aromatic carbocycles. The Bertz CT molecular complexity index is 1100. The molecular formula is C24H19N3OS2. The maximum atomic E-state index is 13.0. The zero-order chi connectivity index (χ0) is 20.4. The molecule has 148 valence electrons. The molecule has 0 saturated carbocycles. The predicted octanol–water partition coefficient (Wildman–Crippen LogP) is 5.66. The molecule has 5 rings (SSSR count). The number of carbonyl (C=O) groups excluding carboxylic acids is 1. The lowest BCUT2D eigenvalue weighted by atomic mass is 10.2. The summed E-state index contributed by atoms with van der Waals surface area (Å²) >= 11 is 3.22. The smallest absolute Gasteiger partial charge is 0.243 e. The van der Waals surface area contributed by atoms with Gasteiger partial charge in [-0.2, -0.15) is 5.10 Å². The normalized spacial score (nSPS) is 21.1. The summed E-state index contributed by atoms with van der Waals surface area (Å²) in [7, 11) is 0. The fourth-order valence-electron chi connectivity index (χ4n) is 3.51. The Kier molecular flexibility index (Phi) is 5.11. The average molecular weight is 430 g/mol. The van der Waals surface area contributed by atoms with E-state index in [2.05, 4.69) is 18.2 Å². The fourth-order valence-corrected chi connectivity index (χ4v) is 6.28. The third-order valence-corrected chi connectivity index (χ3v) is 7.63. The van der Waals surface area contributed by atoms with Crippen LogP contribution in [0.2, 0.25) is 0 Å². The minimum Gasteiger partial charge on any atom is -0.273 e. The quantitative estimate of drug-likeness (QED) is 0.536. The number of hydrogen-bond acceptors (Lipinski definition) is 5. The van der Waals surface area contributed by atoms with Crippen molar-refractivity contribution < 1.29 is 4.79 Å². The molecule has 6 heteroatoms. The van der Waals surface area contributed by atoms with Crippen LogP contribution in [0.1, 0.15) is 5.56 Å². The first-order valence-corrected chi connectivity index (χ1v) is 11.4. The van der Waals surface area contributed by atoms with Crippen LogP contribution in [0.5, 0.6) is 0 Å². The predicted molar refractivity (Wildman–Crippen MR) is 129 cm³/mol. The lowest BCUT2D eigenvalue weighted by Gasteiger charge is -2.39. The van der Waals surface area contributed by atoms with Crippen molar-refractivity contribution in [3.8, 4) is 0 Å². The highest BCUT2D eigenvalue weighted by Gasteiger charge is 2.56. The summed E-state index contributed by atoms with van der Waals surface area (Å²) in [6.07, 6.45) is 4.08. The van der Waals surface area contributed by atoms with Gasteiger partial charge in [0.2, 0.25) is 10.2 Å². The van der Waals surface area contributed by atoms with Crippen molar-refractivity contribution in [2.75, 3.05) is 15.7 Å². The number of benzene rings is 3. The van der Waals surface area contributed by atoms with Gasteiger partial charge in [0.25, 0.3) is 0 Å². The van der Waals surface area contributed by atoms with Crippen LogP contribution in [0, 0.1) is 0 Å². The third kappa shape index (κ3) is 3.42. The van der Waals surface area contributed by atoms with E-state index in [4.69, 9.17) is 5.10 Å². The minimum atomic E-state index is -0.684. The molecule has 2 heterocycles. The van der Waals surface area contributed by atoms with Gasteiger partial charge in [-0.1, -0.05) is 84.6 Å². The number of rotatable bonds is 4. The number of hydrogen-bond donors (Lipinski definition) is 0. The van der Waals surface area contributed by atoms with Gasteiger partial charge in [0.05, 0.1) is 11.4 Å². The fraction of sp³-hybridized carbons (Fsp3) is 0.0833. The Morgan fingerprint density at radius 2 is 1.40 bits per heavy atom. The lowest BCUT2D eigenvalue weighted by molar-refractivity contribution is -0.115. The highest BCUT2D eigenvalue weighted by molar-refractivity contribution is 8.27. The van der Waals surface area contributed by atoms with Crippen LogP contribution in [-0.4, -0.2) is 21.0 Å². The van der Waals surface area contributed by atoms with Crippen LogP contribution in [0.3, 0.4) is 0 Å². The number of anilines is 2. The molecule has 3 aromatic rings. The van der Waals surface area contributed by atoms with Crippen LogP contribution in [-0.2, 0) is 4.79 Å². The van der Waals surface area contributed by atoms with Crippen molar-refractivity contribution in [3.63, 3.8) is 0 Å². The van der Waals surface area contributed by atoms with E-state index in [0.29, 0.717) is 5.75 Å². The van der Waals surface area contributed by atoms with E-state index in [1.807, 2.05) is 94.8 Å². The maximum Gasteiger partial charge on any atom is 0.243 e. The van der Waals surface area contributed by atoms with Crippen molar-refractivity contribution in [1.82, 2.24) is 0 Å². The molecule has 1 spiro atoms. The van der Waals surface area contributed by atoms with E-state index in [1.54, 1.807) is 23.5 Å². The summed E-state index contributed by atoms with van der Waals surface area (Å²) in [6, 6.07) is 30.0. The molecule has 0 radical (unpaired) electrons. The van der Waals surface area contributed by atoms with E-state index in [9.17, 15) is 4.79 Å². The third-order valence-electron chi connectivity index (χ3n) is 4.85. The Hall–Kier alpha value is -2.96. The van der Waals surface area contributed by atoms with Gasteiger partial charge in [0.15, 0.2) is 0 Å². The summed E-state index contributed by atoms with van der Waals surface area (Å²) < 4.78 is -0.684. The van der Waals surface area contributed by atoms with E-state index >= 15 is 0 Å². The number of hydrazone groups is 1. The highest BCUT2D eigenvalue weighted by Crippen LogP contribution is 2.55. The second kappa shape index (κ2) is 8.05. The molecule has 30 heavy (non-hydrogen) atoms. The number of para-hydroxylation sites is 2. The zero-order valence-electron chi connectivity index (χ0n) is 16.1. The van der Waals surface area contributed by atoms with Gasteiger partial charge in [-0.05, 0) is 47.7 Å². The number of carbonyl (C=O) groups is 1. The summed E-state index contributed by atoms with van der Waals surface area (Å²) in [5, 5.41) is 7.77. The molecule has 1 atom stereocenters. The maximum absolute atomic E-state index is 13.0. The average Bonchev–Trinajstić information content (AvgIpc) is 3.34. The Balaban J connectivity index is 1.57. The van der Waals surface area contributed by atoms with Crippen LogP contribution in [0.15, 0.2) is 102 Å². The first-order chi connectivity index (χ1) is 14.8. The van der Waals surface area contributed by atoms with Gasteiger partial charge >= 0.3 is 0 Å². The van der Waals surface area contributed by atoms with E-state index in [0.717, 1.165) is 22.0 Å². The number of amides is 1. The summed E-state index contributed by atoms with van der Waals surface area (Å²) in [5.74, 6) is 0.499. The van der Waals surface area contributed by atoms with Gasteiger partial charge < -0.3 is 0 Å². The second-order valence-corrected chi connectivity index (χ2v) is 9.43. The van der Waals surface area contributed by atoms with Gasteiger partial charge in [-0.25, -0.2) is 5.01 Å². The van der Waals surface area contributed by atoms with Crippen molar-refractivity contribution >= 4 is 51.9 Å². The molecule has 1 saturated heterocycles. The van der Waals surface area contributed by atoms with Crippen LogP contribution in [0.25, 0.3) is 6.08 Å². The van der Waals surface area contributed by atoms with E-state index < -0.39 is 4.33 Å². The molecule has 0 unspecified atom stereocenters. The van der Waals surface area contributed by atoms with E-state index in [1.165, 1.54) is 0 Å². The number of nitrogens with zero attached hydrogens (tertiary/aromatic N) is 3. The van der Waals surface area contributed by atoms with Crippen molar-refractivity contribution in [2.24, 2.45) is 5.10 Å². The Morgan fingerprint density at radius 1 is 0.800 bits per heavy atom. The topological polar surface area (TPSA) is 35.9 Å². The van der Waals surface area contributed by atoms with Crippen molar-refractivity contribution in [1.29, 1.82) is 0 Å². The summed E-state index contributed by atoms with van der Waals surface area (Å²) in [6.45, 7) is 0. The Labute approximate surface area is 184 Å². The highest BCUT2D eigenvalue weighted by atomic mass is 32.2. The molecular weight excluding hydrogens is 410 g/mol. The first-order valence-electron chi connectivity index (χ1n) is 9.64. The molecule has 1 amide bonds. The summed E-state index contributed by atoms with van der Waals surface area (Å²) in [4.78, 5) is 14.9. The van der Waals surface area contributed by atoms with E-state index in [-0.39, 0.29) is 5.91 Å². The van der Waals surface area contributed by atoms with Crippen LogP contribution in [0.4, 0.5) is 11.4 Å². The molecule has 0 aromatic heterocycles. The molecule has 2 aliphatic rings. The van der Waals surface area contributed by atoms with Gasteiger partial charge in [-0.3, -0.25) is 9.69 Å². The van der Waals surface area contributed by atoms with Crippen LogP contribution < -0.4 is 9.91 Å². The van der Waals surface area contributed by atoms with Crippen LogP contribution >= 0.6 is 23.5 Å². The van der Waals surface area contributed by atoms with Crippen molar-refractivity contribution in [3.05, 3.63) is 103 Å². The molecule has 0 N–H and O–H groups in total. The second-order valence-electron chi connectivity index (χ2n) is 6.83. The molecule has 0 aliphatic carbocycles. The summed E-state index contributed by atoms with van der Waals surface area (Å²) in [5.41, 5.74) is 2.95. The van der Waals surface area contributed by atoms with Gasteiger partial charge in [-0.15, -0.1) is 0 Å². The zero-order valence-corrected chi connectivity index (χ0v) is 17.7. The minimum absolute atomic E-state index is 0.0862. The molecule has 2 aliphatic heterocycles. The molecule has 4 nitrogen and oxygen atoms in total. The first kappa shape index (κ1) is 19.0. The van der Waals surface area contributed by atoms with Gasteiger partial charge in [0, 0.05) is 5.69 Å². The van der Waals surface area contributed by atoms with Crippen molar-refractivity contribution in [2.45, 2.75) is 4.33 Å². The molecule has 0 bridgehead atoms. The lowest BCUT2D eigenvalue weighted by Crippen LogP contribution is -2.51. The standard InChI is InChI=1S/C24H19N3OS2/c28-23-18-29-24(26(23)20-12-6-2-7-13-20)27(21-14-8-3-9-15-21)25-22(30-24)17-16-19-10-4-1-5-11-19/h1-17H,18H2/b17-16-/t24-/m1/s1. The largest absolute Gasteiger partial charge is 0.273 e. The van der Waals surface area contributed by atoms with Gasteiger partial charge in [0.1, 0.15) is 5.04 Å². The SMILES string of the molecule is O=C1CS[C@@]2(SC(/C=C\c3ccccc3)=NN2c2ccccc2)N1c1ccccc1. The monoisotopic (exact) mass is 429 g/mol. The Morgan fingerprint density at radius 3 is 2.07 bits per heavy atom.